The number of aliphatic hydroxyl groups is 1. The Labute approximate surface area is 222 Å². The van der Waals surface area contributed by atoms with Crippen LogP contribution in [0.25, 0.3) is 0 Å². The van der Waals surface area contributed by atoms with Crippen LogP contribution >= 0.6 is 23.2 Å². The zero-order valence-electron chi connectivity index (χ0n) is 21.4. The van der Waals surface area contributed by atoms with E-state index in [0.717, 1.165) is 45.1 Å². The zero-order chi connectivity index (χ0) is 26.2. The topological polar surface area (TPSA) is 61.7 Å². The molecule has 2 aromatic rings. The number of hydrogen-bond acceptors (Lipinski definition) is 4. The summed E-state index contributed by atoms with van der Waals surface area (Å²) in [7, 11) is 0. The van der Waals surface area contributed by atoms with Crippen molar-refractivity contribution >= 4 is 46.1 Å². The fraction of sp³-hybridized carbons (Fsp3) is 0.333. The Balaban J connectivity index is 1.63. The number of allylic oxidation sites excluding steroid dienone is 5. The number of Topliss-reactive ketones (excluding diaryl/α,β-unsaturated/α-hetero) is 1. The van der Waals surface area contributed by atoms with E-state index in [1.54, 1.807) is 0 Å². The number of fused-ring (bicyclic) bond motifs is 2. The summed E-state index contributed by atoms with van der Waals surface area (Å²) >= 11 is 12.6. The van der Waals surface area contributed by atoms with Crippen molar-refractivity contribution in [2.45, 2.75) is 65.2 Å². The predicted octanol–water partition coefficient (Wildman–Crippen LogP) is 8.53. The van der Waals surface area contributed by atoms with Gasteiger partial charge >= 0.3 is 0 Å². The summed E-state index contributed by atoms with van der Waals surface area (Å²) in [6.45, 7) is 12.4. The molecule has 2 aliphatic heterocycles. The number of nitrogens with zero attached hydrogens (tertiary/aromatic N) is 1. The van der Waals surface area contributed by atoms with E-state index in [1.165, 1.54) is 0 Å². The third kappa shape index (κ3) is 3.42. The van der Waals surface area contributed by atoms with Crippen LogP contribution in [0.3, 0.4) is 0 Å². The lowest BCUT2D eigenvalue weighted by atomic mass is 9.71. The smallest absolute Gasteiger partial charge is 0.201 e. The van der Waals surface area contributed by atoms with Gasteiger partial charge in [-0.2, -0.15) is 0 Å². The largest absolute Gasteiger partial charge is 0.506 e. The number of aliphatic hydroxyl groups excluding tert-OH is 1. The zero-order valence-corrected chi connectivity index (χ0v) is 22.9. The highest BCUT2D eigenvalue weighted by Crippen LogP contribution is 2.50. The number of anilines is 1. The van der Waals surface area contributed by atoms with Crippen molar-refractivity contribution in [3.8, 4) is 0 Å². The van der Waals surface area contributed by atoms with Crippen molar-refractivity contribution in [2.24, 2.45) is 4.99 Å². The lowest BCUT2D eigenvalue weighted by Gasteiger charge is -2.32. The fourth-order valence-corrected chi connectivity index (χ4v) is 6.21. The maximum atomic E-state index is 13.7. The minimum atomic E-state index is -0.434. The molecule has 0 radical (unpaired) electrons. The molecule has 2 N–H and O–H groups in total. The molecule has 2 heterocycles. The van der Waals surface area contributed by atoms with E-state index in [2.05, 4.69) is 33.0 Å². The van der Waals surface area contributed by atoms with Crippen LogP contribution in [0.1, 0.15) is 65.5 Å². The summed E-state index contributed by atoms with van der Waals surface area (Å²) < 4.78 is 0. The van der Waals surface area contributed by atoms with Gasteiger partial charge in [-0.1, -0.05) is 64.7 Å². The Hall–Kier alpha value is -2.82. The second-order valence-electron chi connectivity index (χ2n) is 10.7. The highest BCUT2D eigenvalue weighted by molar-refractivity contribution is 6.31. The number of aliphatic imine (C=N–C) groups is 1. The van der Waals surface area contributed by atoms with E-state index in [0.29, 0.717) is 34.0 Å². The van der Waals surface area contributed by atoms with Gasteiger partial charge in [-0.25, -0.2) is 0 Å². The summed E-state index contributed by atoms with van der Waals surface area (Å²) in [5, 5.41) is 16.2. The number of nitrogens with one attached hydrogen (secondary N) is 1. The number of hydrogen-bond donors (Lipinski definition) is 2. The predicted molar refractivity (Wildman–Crippen MR) is 149 cm³/mol. The van der Waals surface area contributed by atoms with Gasteiger partial charge in [0.1, 0.15) is 5.76 Å². The first-order valence-corrected chi connectivity index (χ1v) is 13.1. The molecule has 2 aromatic carbocycles. The Bertz CT molecular complexity index is 1470. The van der Waals surface area contributed by atoms with Gasteiger partial charge in [-0.3, -0.25) is 9.79 Å². The number of rotatable bonds is 4. The molecule has 186 valence electrons. The Morgan fingerprint density at radius 2 is 1.53 bits per heavy atom. The van der Waals surface area contributed by atoms with Gasteiger partial charge in [-0.05, 0) is 71.5 Å². The number of carbonyl (C=O) groups excluding carboxylic acids is 1. The molecular weight excluding hydrogens is 491 g/mol. The maximum Gasteiger partial charge on any atom is 0.201 e. The van der Waals surface area contributed by atoms with Gasteiger partial charge < -0.3 is 10.4 Å². The van der Waals surface area contributed by atoms with E-state index in [1.807, 2.05) is 50.2 Å². The Kier molecular flexibility index (Phi) is 5.77. The van der Waals surface area contributed by atoms with Crippen LogP contribution in [0.5, 0.6) is 0 Å². The molecule has 0 aromatic heterocycles. The first kappa shape index (κ1) is 24.9. The molecule has 0 fully saturated rings. The van der Waals surface area contributed by atoms with Gasteiger partial charge in [0.2, 0.25) is 5.78 Å². The molecule has 0 atom stereocenters. The lowest BCUT2D eigenvalue weighted by Crippen LogP contribution is -2.33. The minimum absolute atomic E-state index is 0.0558. The molecule has 4 nitrogen and oxygen atoms in total. The van der Waals surface area contributed by atoms with Crippen molar-refractivity contribution < 1.29 is 9.90 Å². The van der Waals surface area contributed by atoms with Crippen LogP contribution in [0.4, 0.5) is 11.4 Å². The second-order valence-corrected chi connectivity index (χ2v) is 11.5. The average Bonchev–Trinajstić information content (AvgIpc) is 3.24. The van der Waals surface area contributed by atoms with Crippen molar-refractivity contribution in [1.82, 2.24) is 0 Å². The molecule has 0 saturated heterocycles. The molecule has 36 heavy (non-hydrogen) atoms. The quantitative estimate of drug-likeness (QED) is 0.397. The minimum Gasteiger partial charge on any atom is -0.506 e. The van der Waals surface area contributed by atoms with E-state index in [4.69, 9.17) is 28.2 Å². The van der Waals surface area contributed by atoms with E-state index >= 15 is 0 Å². The fourth-order valence-electron chi connectivity index (χ4n) is 5.86. The van der Waals surface area contributed by atoms with Crippen molar-refractivity contribution in [1.29, 1.82) is 0 Å². The van der Waals surface area contributed by atoms with Gasteiger partial charge in [0.15, 0.2) is 0 Å². The maximum absolute atomic E-state index is 13.7. The molecule has 0 unspecified atom stereocenters. The number of halogens is 2. The molecule has 6 heteroatoms. The second kappa shape index (κ2) is 8.36. The van der Waals surface area contributed by atoms with Crippen molar-refractivity contribution in [3.63, 3.8) is 0 Å². The molecule has 0 bridgehead atoms. The monoisotopic (exact) mass is 520 g/mol. The number of carbonyl (C=O) groups is 1. The molecule has 0 amide bonds. The van der Waals surface area contributed by atoms with E-state index < -0.39 is 5.41 Å². The van der Waals surface area contributed by atoms with E-state index in [9.17, 15) is 9.90 Å². The highest BCUT2D eigenvalue weighted by Gasteiger charge is 2.46. The molecule has 3 aliphatic rings. The van der Waals surface area contributed by atoms with Gasteiger partial charge in [0.05, 0.1) is 22.5 Å². The average molecular weight is 521 g/mol. The SMILES string of the molecule is CCC(C1=Nc2ccc(Cl)cc2C1(C)C)=C1C(=O)C(C(CC)=C2Nc3ccc(Cl)cc3C2(C)C)=C1O. The summed E-state index contributed by atoms with van der Waals surface area (Å²) in [6, 6.07) is 11.4. The lowest BCUT2D eigenvalue weighted by molar-refractivity contribution is -0.113. The first-order valence-electron chi connectivity index (χ1n) is 12.4. The van der Waals surface area contributed by atoms with E-state index in [-0.39, 0.29) is 17.0 Å². The summed E-state index contributed by atoms with van der Waals surface area (Å²) in [6.07, 6.45) is 1.18. The molecular formula is C30H30Cl2N2O2. The standard InChI is InChI=1S/C30H30Cl2N2O2/c1-7-17(27-29(3,4)19-13-15(31)9-11-21(19)33-27)23-25(35)24(26(23)36)18(8-2)28-30(5,6)20-14-16(32)10-12-22(20)34-28/h9-14,33,35H,7-8H2,1-6H3. The number of benzene rings is 2. The van der Waals surface area contributed by atoms with Crippen LogP contribution in [-0.4, -0.2) is 16.6 Å². The first-order chi connectivity index (χ1) is 16.9. The van der Waals surface area contributed by atoms with Gasteiger partial charge in [-0.15, -0.1) is 0 Å². The molecule has 0 spiro atoms. The molecule has 5 rings (SSSR count). The normalized spacial score (nSPS) is 22.0. The van der Waals surface area contributed by atoms with Crippen LogP contribution in [0, 0.1) is 0 Å². The Morgan fingerprint density at radius 1 is 0.917 bits per heavy atom. The third-order valence-corrected chi connectivity index (χ3v) is 8.29. The van der Waals surface area contributed by atoms with Crippen LogP contribution in [0.15, 0.2) is 75.1 Å². The summed E-state index contributed by atoms with van der Waals surface area (Å²) in [5.41, 5.74) is 7.23. The van der Waals surface area contributed by atoms with Crippen LogP contribution < -0.4 is 5.32 Å². The molecule has 1 aliphatic carbocycles. The van der Waals surface area contributed by atoms with Crippen molar-refractivity contribution in [2.75, 3.05) is 5.32 Å². The van der Waals surface area contributed by atoms with Gasteiger partial charge in [0, 0.05) is 32.3 Å². The third-order valence-electron chi connectivity index (χ3n) is 7.82. The van der Waals surface area contributed by atoms with Crippen LogP contribution in [-0.2, 0) is 15.6 Å². The molecule has 0 saturated carbocycles. The summed E-state index contributed by atoms with van der Waals surface area (Å²) in [5.74, 6) is -0.0759. The highest BCUT2D eigenvalue weighted by atomic mass is 35.5. The van der Waals surface area contributed by atoms with Crippen LogP contribution in [0.2, 0.25) is 10.0 Å². The summed E-state index contributed by atoms with van der Waals surface area (Å²) in [4.78, 5) is 18.6. The van der Waals surface area contributed by atoms with Gasteiger partial charge in [0.25, 0.3) is 0 Å². The van der Waals surface area contributed by atoms with Crippen molar-refractivity contribution in [3.05, 3.63) is 91.3 Å². The number of ketones is 1. The Morgan fingerprint density at radius 3 is 2.14 bits per heavy atom.